The summed E-state index contributed by atoms with van der Waals surface area (Å²) in [5.41, 5.74) is 0. The monoisotopic (exact) mass is 883 g/mol. The number of allylic oxidation sites excluding steroid dienone is 2. The van der Waals surface area contributed by atoms with Gasteiger partial charge in [0.15, 0.2) is 6.29 Å². The molecule has 0 aromatic rings. The molecule has 1 rings (SSSR count). The third-order valence-corrected chi connectivity index (χ3v) is 12.7. The Morgan fingerprint density at radius 3 is 1.31 bits per heavy atom. The number of carbonyl (C=O) groups is 1. The van der Waals surface area contributed by atoms with Crippen LogP contribution < -0.4 is 0 Å². The van der Waals surface area contributed by atoms with E-state index in [1.54, 1.807) is 0 Å². The van der Waals surface area contributed by atoms with E-state index < -0.39 is 43.4 Å². The van der Waals surface area contributed by atoms with Crippen LogP contribution in [0.25, 0.3) is 0 Å². The molecule has 1 saturated heterocycles. The molecule has 9 nitrogen and oxygen atoms in total. The quantitative estimate of drug-likeness (QED) is 0.0268. The SMILES string of the molecule is CCCCCCCCCC/C=C\CCCCCCCCCCCCOCC(COC1OC(CO)C(O)C(O)C1O)OC(=O)CCCCCCCCCCCCCCCCCCC. The van der Waals surface area contributed by atoms with Gasteiger partial charge in [-0.05, 0) is 38.5 Å². The minimum atomic E-state index is -1.53. The first-order chi connectivity index (χ1) is 30.4. The fourth-order valence-electron chi connectivity index (χ4n) is 8.49. The van der Waals surface area contributed by atoms with Gasteiger partial charge in [0.05, 0.1) is 19.8 Å². The lowest BCUT2D eigenvalue weighted by atomic mass is 9.99. The second kappa shape index (κ2) is 45.1. The maximum atomic E-state index is 12.8. The molecule has 0 aromatic carbocycles. The first-order valence-corrected chi connectivity index (χ1v) is 26.8. The van der Waals surface area contributed by atoms with Crippen molar-refractivity contribution in [3.63, 3.8) is 0 Å². The second-order valence-electron chi connectivity index (χ2n) is 18.7. The van der Waals surface area contributed by atoms with Gasteiger partial charge in [0.2, 0.25) is 0 Å². The minimum absolute atomic E-state index is 0.108. The first kappa shape index (κ1) is 58.9. The lowest BCUT2D eigenvalue weighted by Gasteiger charge is -2.39. The molecule has 0 bridgehead atoms. The van der Waals surface area contributed by atoms with E-state index in [4.69, 9.17) is 18.9 Å². The number of unbranched alkanes of at least 4 members (excludes halogenated alkanes) is 34. The summed E-state index contributed by atoms with van der Waals surface area (Å²) >= 11 is 0. The van der Waals surface area contributed by atoms with Crippen molar-refractivity contribution in [2.24, 2.45) is 0 Å². The second-order valence-corrected chi connectivity index (χ2v) is 18.7. The van der Waals surface area contributed by atoms with Crippen LogP contribution in [0.1, 0.15) is 258 Å². The van der Waals surface area contributed by atoms with Crippen molar-refractivity contribution in [1.82, 2.24) is 0 Å². The third-order valence-electron chi connectivity index (χ3n) is 12.7. The maximum absolute atomic E-state index is 12.8. The van der Waals surface area contributed by atoms with Crippen molar-refractivity contribution < 1.29 is 44.2 Å². The molecule has 9 heteroatoms. The van der Waals surface area contributed by atoms with Crippen molar-refractivity contribution >= 4 is 5.97 Å². The van der Waals surface area contributed by atoms with Gasteiger partial charge in [-0.15, -0.1) is 0 Å². The summed E-state index contributed by atoms with van der Waals surface area (Å²) in [6, 6.07) is 0. The van der Waals surface area contributed by atoms with Crippen LogP contribution in [0.15, 0.2) is 12.2 Å². The third kappa shape index (κ3) is 35.2. The van der Waals surface area contributed by atoms with E-state index in [-0.39, 0.29) is 19.2 Å². The lowest BCUT2D eigenvalue weighted by Crippen LogP contribution is -2.59. The summed E-state index contributed by atoms with van der Waals surface area (Å²) in [7, 11) is 0. The Labute approximate surface area is 382 Å². The van der Waals surface area contributed by atoms with E-state index in [9.17, 15) is 25.2 Å². The zero-order valence-electron chi connectivity index (χ0n) is 40.6. The number of carbonyl (C=O) groups excluding carboxylic acids is 1. The molecule has 1 fully saturated rings. The summed E-state index contributed by atoms with van der Waals surface area (Å²) < 4.78 is 22.9. The van der Waals surface area contributed by atoms with E-state index >= 15 is 0 Å². The minimum Gasteiger partial charge on any atom is -0.457 e. The number of rotatable bonds is 47. The van der Waals surface area contributed by atoms with Crippen molar-refractivity contribution in [1.29, 1.82) is 0 Å². The summed E-state index contributed by atoms with van der Waals surface area (Å²) in [5, 5.41) is 40.3. The molecule has 0 spiro atoms. The van der Waals surface area contributed by atoms with Gasteiger partial charge in [0.1, 0.15) is 30.5 Å². The summed E-state index contributed by atoms with van der Waals surface area (Å²) in [6.07, 6.45) is 45.3. The molecular formula is C53H102O9. The topological polar surface area (TPSA) is 135 Å². The molecule has 0 saturated carbocycles. The van der Waals surface area contributed by atoms with E-state index in [0.717, 1.165) is 32.1 Å². The molecule has 6 atom stereocenters. The maximum Gasteiger partial charge on any atom is 0.306 e. The van der Waals surface area contributed by atoms with Crippen molar-refractivity contribution in [2.75, 3.05) is 26.4 Å². The van der Waals surface area contributed by atoms with Crippen LogP contribution in [0, 0.1) is 0 Å². The van der Waals surface area contributed by atoms with E-state index in [0.29, 0.717) is 13.0 Å². The van der Waals surface area contributed by atoms with Crippen LogP contribution in [-0.2, 0) is 23.7 Å². The van der Waals surface area contributed by atoms with Crippen LogP contribution >= 0.6 is 0 Å². The lowest BCUT2D eigenvalue weighted by molar-refractivity contribution is -0.305. The normalized spacial score (nSPS) is 19.7. The van der Waals surface area contributed by atoms with Gasteiger partial charge in [-0.1, -0.05) is 225 Å². The molecule has 0 amide bonds. The highest BCUT2D eigenvalue weighted by Gasteiger charge is 2.44. The number of esters is 1. The predicted molar refractivity (Wildman–Crippen MR) is 256 cm³/mol. The van der Waals surface area contributed by atoms with Crippen LogP contribution in [-0.4, -0.2) is 89.6 Å². The molecule has 1 heterocycles. The molecular weight excluding hydrogens is 781 g/mol. The molecule has 6 unspecified atom stereocenters. The van der Waals surface area contributed by atoms with Crippen molar-refractivity contribution in [3.8, 4) is 0 Å². The number of aliphatic hydroxyl groups excluding tert-OH is 4. The van der Waals surface area contributed by atoms with Gasteiger partial charge < -0.3 is 39.4 Å². The molecule has 4 N–H and O–H groups in total. The summed E-state index contributed by atoms with van der Waals surface area (Å²) in [6.45, 7) is 4.61. The number of hydrogen-bond donors (Lipinski definition) is 4. The largest absolute Gasteiger partial charge is 0.457 e. The smallest absolute Gasteiger partial charge is 0.306 e. The predicted octanol–water partition coefficient (Wildman–Crippen LogP) is 13.2. The fourth-order valence-corrected chi connectivity index (χ4v) is 8.49. The van der Waals surface area contributed by atoms with Crippen molar-refractivity contribution in [2.45, 2.75) is 295 Å². The molecule has 1 aliphatic heterocycles. The zero-order valence-corrected chi connectivity index (χ0v) is 40.6. The first-order valence-electron chi connectivity index (χ1n) is 26.8. The molecule has 0 aromatic heterocycles. The molecule has 0 radical (unpaired) electrons. The molecule has 0 aliphatic carbocycles. The van der Waals surface area contributed by atoms with E-state index in [1.165, 1.54) is 205 Å². The van der Waals surface area contributed by atoms with E-state index in [2.05, 4.69) is 26.0 Å². The zero-order chi connectivity index (χ0) is 45.0. The Balaban J connectivity index is 2.17. The van der Waals surface area contributed by atoms with Gasteiger partial charge in [-0.3, -0.25) is 4.79 Å². The standard InChI is InChI=1S/C53H102O9/c1-3-5-7-9-11-13-15-17-19-21-22-23-24-25-27-29-31-33-35-37-39-41-43-59-45-47(46-60-53-52(58)51(57)50(56)48(44-54)62-53)61-49(55)42-40-38-36-34-32-30-28-26-20-18-16-14-12-10-8-6-4-2/h21-22,47-48,50-54,56-58H,3-20,23-46H2,1-2H3/b22-21-. The molecule has 62 heavy (non-hydrogen) atoms. The van der Waals surface area contributed by atoms with Gasteiger partial charge in [0.25, 0.3) is 0 Å². The summed E-state index contributed by atoms with van der Waals surface area (Å²) in [4.78, 5) is 12.8. The highest BCUT2D eigenvalue weighted by Crippen LogP contribution is 2.23. The average Bonchev–Trinajstić information content (AvgIpc) is 3.27. The van der Waals surface area contributed by atoms with Gasteiger partial charge >= 0.3 is 5.97 Å². The van der Waals surface area contributed by atoms with E-state index in [1.807, 2.05) is 0 Å². The highest BCUT2D eigenvalue weighted by atomic mass is 16.7. The molecule has 1 aliphatic rings. The number of aliphatic hydroxyl groups is 4. The Hall–Kier alpha value is -1.07. The Bertz CT molecular complexity index is 961. The number of hydrogen-bond acceptors (Lipinski definition) is 9. The average molecular weight is 883 g/mol. The van der Waals surface area contributed by atoms with Crippen LogP contribution in [0.3, 0.4) is 0 Å². The van der Waals surface area contributed by atoms with Crippen LogP contribution in [0.2, 0.25) is 0 Å². The van der Waals surface area contributed by atoms with Crippen molar-refractivity contribution in [3.05, 3.63) is 12.2 Å². The fraction of sp³-hybridized carbons (Fsp3) is 0.943. The highest BCUT2D eigenvalue weighted by molar-refractivity contribution is 5.69. The van der Waals surface area contributed by atoms with Crippen LogP contribution in [0.4, 0.5) is 0 Å². The van der Waals surface area contributed by atoms with Gasteiger partial charge in [-0.25, -0.2) is 0 Å². The van der Waals surface area contributed by atoms with Crippen LogP contribution in [0.5, 0.6) is 0 Å². The van der Waals surface area contributed by atoms with Gasteiger partial charge in [-0.2, -0.15) is 0 Å². The molecule has 368 valence electrons. The Morgan fingerprint density at radius 1 is 0.500 bits per heavy atom. The number of ether oxygens (including phenoxy) is 4. The Morgan fingerprint density at radius 2 is 0.887 bits per heavy atom. The summed E-state index contributed by atoms with van der Waals surface area (Å²) in [5.74, 6) is -0.307. The Kier molecular flexibility index (Phi) is 42.9. The van der Waals surface area contributed by atoms with Gasteiger partial charge in [0, 0.05) is 13.0 Å².